The van der Waals surface area contributed by atoms with Crippen LogP contribution in [0.5, 0.6) is 0 Å². The fourth-order valence-electron chi connectivity index (χ4n) is 3.25. The molecule has 2 nitrogen and oxygen atoms in total. The maximum absolute atomic E-state index is 2.28. The van der Waals surface area contributed by atoms with Gasteiger partial charge in [0.05, 0.1) is 25.0 Å². The Labute approximate surface area is 136 Å². The molecule has 0 amide bonds. The van der Waals surface area contributed by atoms with E-state index in [2.05, 4.69) is 103 Å². The van der Waals surface area contributed by atoms with Crippen LogP contribution >= 0.6 is 0 Å². The van der Waals surface area contributed by atoms with Crippen molar-refractivity contribution in [3.63, 3.8) is 0 Å². The Morgan fingerprint density at radius 3 is 2.43 bits per heavy atom. The van der Waals surface area contributed by atoms with Gasteiger partial charge in [-0.15, -0.1) is 0 Å². The van der Waals surface area contributed by atoms with Crippen LogP contribution in [0.1, 0.15) is 11.1 Å². The van der Waals surface area contributed by atoms with Gasteiger partial charge in [-0.3, -0.25) is 0 Å². The van der Waals surface area contributed by atoms with Crippen LogP contribution in [0.2, 0.25) is 0 Å². The monoisotopic (exact) mass is 299 g/mol. The van der Waals surface area contributed by atoms with E-state index in [1.54, 1.807) is 0 Å². The van der Waals surface area contributed by atoms with Crippen molar-refractivity contribution in [2.75, 3.05) is 4.90 Å². The van der Waals surface area contributed by atoms with Crippen LogP contribution in [0.3, 0.4) is 0 Å². The van der Waals surface area contributed by atoms with Gasteiger partial charge >= 0.3 is 0 Å². The number of aryl methyl sites for hydroxylation is 2. The third kappa shape index (κ3) is 2.23. The number of para-hydroxylation sites is 1. The van der Waals surface area contributed by atoms with Gasteiger partial charge in [0.1, 0.15) is 5.69 Å². The first-order valence-electron chi connectivity index (χ1n) is 7.87. The molecule has 1 aliphatic rings. The van der Waals surface area contributed by atoms with Crippen molar-refractivity contribution in [1.29, 1.82) is 0 Å². The summed E-state index contributed by atoms with van der Waals surface area (Å²) in [6.45, 7) is 2.16. The number of rotatable bonds is 1. The zero-order valence-corrected chi connectivity index (χ0v) is 13.4. The summed E-state index contributed by atoms with van der Waals surface area (Å²) in [7, 11) is 2.10. The Bertz CT molecular complexity index is 909. The molecule has 0 aliphatic carbocycles. The summed E-state index contributed by atoms with van der Waals surface area (Å²) in [5.74, 6) is 1.18. The second-order valence-corrected chi connectivity index (χ2v) is 5.92. The van der Waals surface area contributed by atoms with E-state index in [9.17, 15) is 0 Å². The quantitative estimate of drug-likeness (QED) is 0.595. The van der Waals surface area contributed by atoms with Crippen molar-refractivity contribution in [3.05, 3.63) is 84.2 Å². The molecule has 1 aromatic heterocycles. The van der Waals surface area contributed by atoms with Crippen molar-refractivity contribution in [2.45, 2.75) is 6.92 Å². The highest BCUT2D eigenvalue weighted by molar-refractivity contribution is 5.88. The topological polar surface area (TPSA) is 7.12 Å². The normalized spacial score (nSPS) is 12.5. The number of benzene rings is 2. The van der Waals surface area contributed by atoms with Gasteiger partial charge in [0.15, 0.2) is 0 Å². The molecule has 2 aromatic carbocycles. The van der Waals surface area contributed by atoms with E-state index in [0.29, 0.717) is 0 Å². The van der Waals surface area contributed by atoms with E-state index in [1.807, 2.05) is 0 Å². The average molecular weight is 299 g/mol. The molecule has 0 unspecified atom stereocenters. The minimum absolute atomic E-state index is 1.18. The van der Waals surface area contributed by atoms with Gasteiger partial charge in [-0.1, -0.05) is 42.5 Å². The predicted octanol–water partition coefficient (Wildman–Crippen LogP) is 4.61. The minimum Gasteiger partial charge on any atom is -0.236 e. The molecular weight excluding hydrogens is 280 g/mol. The molecule has 2 heteroatoms. The molecule has 0 N–H and O–H groups in total. The summed E-state index contributed by atoms with van der Waals surface area (Å²) in [6, 6.07) is 21.4. The van der Waals surface area contributed by atoms with E-state index in [4.69, 9.17) is 0 Å². The Morgan fingerprint density at radius 1 is 0.826 bits per heavy atom. The molecule has 4 rings (SSSR count). The highest BCUT2D eigenvalue weighted by atomic mass is 15.2. The number of anilines is 2. The van der Waals surface area contributed by atoms with Gasteiger partial charge in [-0.2, -0.15) is 4.90 Å². The molecule has 0 saturated heterocycles. The summed E-state index contributed by atoms with van der Waals surface area (Å²) >= 11 is 0. The number of aromatic nitrogens is 1. The highest BCUT2D eigenvalue weighted by Gasteiger charge is 2.27. The van der Waals surface area contributed by atoms with Crippen molar-refractivity contribution in [1.82, 2.24) is 0 Å². The maximum Gasteiger partial charge on any atom is 0.294 e. The molecule has 0 radical (unpaired) electrons. The van der Waals surface area contributed by atoms with E-state index in [1.165, 1.54) is 33.8 Å². The fraction of sp³-hybridized carbons (Fsp3) is 0.0952. The molecule has 3 aromatic rings. The largest absolute Gasteiger partial charge is 0.294 e. The molecular formula is C21H19N2+. The number of fused-ring (bicyclic) bond motifs is 3. The summed E-state index contributed by atoms with van der Waals surface area (Å²) in [6.07, 6.45) is 6.47. The summed E-state index contributed by atoms with van der Waals surface area (Å²) in [5, 5.41) is 0. The van der Waals surface area contributed by atoms with Gasteiger partial charge in [-0.05, 0) is 47.9 Å². The van der Waals surface area contributed by atoms with E-state index >= 15 is 0 Å². The van der Waals surface area contributed by atoms with Crippen molar-refractivity contribution in [3.8, 4) is 11.1 Å². The smallest absolute Gasteiger partial charge is 0.236 e. The number of hydrogen-bond donors (Lipinski definition) is 0. The summed E-state index contributed by atoms with van der Waals surface area (Å²) in [5.41, 5.74) is 6.23. The van der Waals surface area contributed by atoms with Crippen LogP contribution < -0.4 is 9.47 Å². The minimum atomic E-state index is 1.18. The van der Waals surface area contributed by atoms with Crippen molar-refractivity contribution >= 4 is 17.6 Å². The van der Waals surface area contributed by atoms with Gasteiger partial charge < -0.3 is 0 Å². The predicted molar refractivity (Wildman–Crippen MR) is 95.4 cm³/mol. The molecule has 112 valence electrons. The van der Waals surface area contributed by atoms with Crippen LogP contribution in [0.15, 0.2) is 73.1 Å². The third-order valence-electron chi connectivity index (χ3n) is 4.40. The lowest BCUT2D eigenvalue weighted by Crippen LogP contribution is -2.35. The fourth-order valence-corrected chi connectivity index (χ4v) is 3.25. The molecule has 0 saturated carbocycles. The standard InChI is InChI=1S/C21H19N2/c1-16-8-3-6-12-20(16)23-15-13-17-9-4-5-10-18(17)19-11-7-14-22(2)21(19)23/h3-15H,1-2H3/q+1. The van der Waals surface area contributed by atoms with E-state index in [-0.39, 0.29) is 0 Å². The first kappa shape index (κ1) is 13.8. The lowest BCUT2D eigenvalue weighted by atomic mass is 10.0. The van der Waals surface area contributed by atoms with Crippen LogP contribution in [0, 0.1) is 6.92 Å². The summed E-state index contributed by atoms with van der Waals surface area (Å²) in [4.78, 5) is 2.28. The Kier molecular flexibility index (Phi) is 3.23. The van der Waals surface area contributed by atoms with Gasteiger partial charge in [0.25, 0.3) is 5.82 Å². The lowest BCUT2D eigenvalue weighted by Gasteiger charge is -2.17. The number of nitrogens with zero attached hydrogens (tertiary/aromatic N) is 2. The van der Waals surface area contributed by atoms with E-state index < -0.39 is 0 Å². The Morgan fingerprint density at radius 2 is 1.57 bits per heavy atom. The van der Waals surface area contributed by atoms with Gasteiger partial charge in [0.2, 0.25) is 0 Å². The van der Waals surface area contributed by atoms with E-state index in [0.717, 1.165) is 0 Å². The van der Waals surface area contributed by atoms with Crippen LogP contribution in [0.25, 0.3) is 17.2 Å². The van der Waals surface area contributed by atoms with Crippen LogP contribution in [0.4, 0.5) is 11.5 Å². The van der Waals surface area contributed by atoms with Gasteiger partial charge in [-0.25, -0.2) is 4.57 Å². The molecule has 1 aliphatic heterocycles. The highest BCUT2D eigenvalue weighted by Crippen LogP contribution is 2.38. The number of hydrogen-bond acceptors (Lipinski definition) is 1. The molecule has 2 heterocycles. The molecule has 0 bridgehead atoms. The van der Waals surface area contributed by atoms with Crippen LogP contribution in [-0.2, 0) is 7.05 Å². The average Bonchev–Trinajstić information content (AvgIpc) is 2.74. The second kappa shape index (κ2) is 5.40. The van der Waals surface area contributed by atoms with Crippen molar-refractivity contribution in [2.24, 2.45) is 7.05 Å². The molecule has 23 heavy (non-hydrogen) atoms. The zero-order chi connectivity index (χ0) is 15.8. The van der Waals surface area contributed by atoms with Gasteiger partial charge in [0, 0.05) is 0 Å². The maximum atomic E-state index is 2.28. The Hall–Kier alpha value is -2.87. The van der Waals surface area contributed by atoms with Crippen molar-refractivity contribution < 1.29 is 4.57 Å². The first-order chi connectivity index (χ1) is 11.3. The Balaban J connectivity index is 2.03. The third-order valence-corrected chi connectivity index (χ3v) is 4.40. The molecule has 0 atom stereocenters. The first-order valence-corrected chi connectivity index (χ1v) is 7.87. The second-order valence-electron chi connectivity index (χ2n) is 5.92. The van der Waals surface area contributed by atoms with Crippen LogP contribution in [-0.4, -0.2) is 0 Å². The lowest BCUT2D eigenvalue weighted by molar-refractivity contribution is -0.657. The molecule has 0 spiro atoms. The number of pyridine rings is 1. The SMILES string of the molecule is Cc1ccccc1N1C=Cc2ccccc2-c2ccc[n+](C)c21. The summed E-state index contributed by atoms with van der Waals surface area (Å²) < 4.78 is 2.19. The zero-order valence-electron chi connectivity index (χ0n) is 13.4. The molecule has 0 fully saturated rings.